The molecular weight excluding hydrogens is 276 g/mol. The molecule has 1 aliphatic heterocycles. The number of ether oxygens (including phenoxy) is 1. The number of rotatable bonds is 6. The smallest absolute Gasteiger partial charge is 0.125 e. The second kappa shape index (κ2) is 6.33. The summed E-state index contributed by atoms with van der Waals surface area (Å²) in [5.74, 6) is 1.30. The van der Waals surface area contributed by atoms with Crippen molar-refractivity contribution in [3.05, 3.63) is 28.3 Å². The first-order chi connectivity index (χ1) is 9.49. The molecule has 0 atom stereocenters. The molecule has 20 heavy (non-hydrogen) atoms. The molecule has 0 bridgehead atoms. The highest BCUT2D eigenvalue weighted by atomic mass is 35.5. The average Bonchev–Trinajstić information content (AvgIpc) is 2.85. The quantitative estimate of drug-likeness (QED) is 0.849. The maximum atomic E-state index is 9.77. The van der Waals surface area contributed by atoms with E-state index in [4.69, 9.17) is 16.3 Å². The van der Waals surface area contributed by atoms with Crippen LogP contribution in [0.25, 0.3) is 0 Å². The number of fused-ring (bicyclic) bond motifs is 1. The van der Waals surface area contributed by atoms with Gasteiger partial charge in [0.05, 0.1) is 19.8 Å². The van der Waals surface area contributed by atoms with Crippen molar-refractivity contribution < 1.29 is 14.9 Å². The Balaban J connectivity index is 2.31. The maximum absolute atomic E-state index is 9.77. The van der Waals surface area contributed by atoms with Crippen molar-refractivity contribution in [3.63, 3.8) is 0 Å². The van der Waals surface area contributed by atoms with Crippen LogP contribution in [0.1, 0.15) is 31.4 Å². The Bertz CT molecular complexity index is 467. The molecule has 1 aromatic rings. The molecule has 2 rings (SSSR count). The summed E-state index contributed by atoms with van der Waals surface area (Å²) in [6.45, 7) is 4.79. The van der Waals surface area contributed by atoms with E-state index in [0.29, 0.717) is 24.0 Å². The molecule has 2 N–H and O–H groups in total. The lowest BCUT2D eigenvalue weighted by Crippen LogP contribution is -2.34. The Morgan fingerprint density at radius 3 is 2.60 bits per heavy atom. The molecule has 1 aliphatic rings. The highest BCUT2D eigenvalue weighted by Gasteiger charge is 2.32. The predicted octanol–water partition coefficient (Wildman–Crippen LogP) is 2.83. The van der Waals surface area contributed by atoms with Crippen LogP contribution in [0.3, 0.4) is 0 Å². The lowest BCUT2D eigenvalue weighted by molar-refractivity contribution is 0.0365. The number of aliphatic hydroxyl groups excluding tert-OH is 2. The van der Waals surface area contributed by atoms with Crippen molar-refractivity contribution in [1.82, 2.24) is 0 Å². The molecule has 0 fully saturated rings. The number of benzene rings is 1. The molecule has 0 amide bonds. The minimum Gasteiger partial charge on any atom is -0.493 e. The first kappa shape index (κ1) is 15.6. The fourth-order valence-electron chi connectivity index (χ4n) is 3.11. The topological polar surface area (TPSA) is 49.7 Å². The zero-order chi connectivity index (χ0) is 14.8. The monoisotopic (exact) mass is 298 g/mol. The van der Waals surface area contributed by atoms with Crippen LogP contribution in [0, 0.1) is 11.3 Å². The molecular formula is C16H23ClO3. The summed E-state index contributed by atoms with van der Waals surface area (Å²) < 4.78 is 5.70. The first-order valence-corrected chi connectivity index (χ1v) is 7.53. The third kappa shape index (κ3) is 3.27. The molecule has 4 heteroatoms. The van der Waals surface area contributed by atoms with E-state index in [1.807, 2.05) is 12.1 Å². The van der Waals surface area contributed by atoms with Gasteiger partial charge in [0.15, 0.2) is 0 Å². The van der Waals surface area contributed by atoms with Crippen LogP contribution in [0.15, 0.2) is 12.1 Å². The summed E-state index contributed by atoms with van der Waals surface area (Å²) in [5, 5.41) is 20.2. The second-order valence-corrected chi connectivity index (χ2v) is 6.68. The van der Waals surface area contributed by atoms with Crippen LogP contribution in [0.5, 0.6) is 5.75 Å². The zero-order valence-electron chi connectivity index (χ0n) is 12.2. The second-order valence-electron chi connectivity index (χ2n) is 6.24. The van der Waals surface area contributed by atoms with Crippen molar-refractivity contribution in [2.24, 2.45) is 11.3 Å². The van der Waals surface area contributed by atoms with Gasteiger partial charge in [-0.3, -0.25) is 0 Å². The minimum absolute atomic E-state index is 0.0387. The molecule has 0 radical (unpaired) electrons. The van der Waals surface area contributed by atoms with Crippen LogP contribution < -0.4 is 4.74 Å². The maximum Gasteiger partial charge on any atom is 0.125 e. The Hall–Kier alpha value is -0.770. The van der Waals surface area contributed by atoms with Gasteiger partial charge in [-0.05, 0) is 42.0 Å². The van der Waals surface area contributed by atoms with E-state index < -0.39 is 5.41 Å². The van der Waals surface area contributed by atoms with E-state index in [9.17, 15) is 10.2 Å². The van der Waals surface area contributed by atoms with Crippen LogP contribution in [0.2, 0.25) is 5.02 Å². The molecule has 0 unspecified atom stereocenters. The van der Waals surface area contributed by atoms with Crippen LogP contribution >= 0.6 is 11.6 Å². The summed E-state index contributed by atoms with van der Waals surface area (Å²) in [6.07, 6.45) is 2.22. The Morgan fingerprint density at radius 1 is 1.30 bits per heavy atom. The van der Waals surface area contributed by atoms with Gasteiger partial charge >= 0.3 is 0 Å². The highest BCUT2D eigenvalue weighted by molar-refractivity contribution is 6.30. The summed E-state index contributed by atoms with van der Waals surface area (Å²) in [7, 11) is 0. The minimum atomic E-state index is -0.515. The summed E-state index contributed by atoms with van der Waals surface area (Å²) >= 11 is 6.17. The first-order valence-electron chi connectivity index (χ1n) is 7.15. The third-order valence-electron chi connectivity index (χ3n) is 3.90. The van der Waals surface area contributed by atoms with Gasteiger partial charge in [-0.25, -0.2) is 0 Å². The van der Waals surface area contributed by atoms with Crippen molar-refractivity contribution in [1.29, 1.82) is 0 Å². The fraction of sp³-hybridized carbons (Fsp3) is 0.625. The third-order valence-corrected chi connectivity index (χ3v) is 4.12. The Kier molecular flexibility index (Phi) is 4.95. The molecule has 3 nitrogen and oxygen atoms in total. The van der Waals surface area contributed by atoms with Crippen molar-refractivity contribution >= 4 is 11.6 Å². The molecule has 112 valence electrons. The predicted molar refractivity (Wildman–Crippen MR) is 80.4 cm³/mol. The lowest BCUT2D eigenvalue weighted by atomic mass is 9.76. The van der Waals surface area contributed by atoms with Gasteiger partial charge in [0.25, 0.3) is 0 Å². The highest BCUT2D eigenvalue weighted by Crippen LogP contribution is 2.38. The Labute approximate surface area is 125 Å². The van der Waals surface area contributed by atoms with Gasteiger partial charge < -0.3 is 14.9 Å². The standard InChI is InChI=1S/C16H23ClO3/c1-11(2)7-16(9-18,10-19)8-13-6-14(17)5-12-3-4-20-15(12)13/h5-6,11,18-19H,3-4,7-10H2,1-2H3. The van der Waals surface area contributed by atoms with Gasteiger partial charge in [0.1, 0.15) is 5.75 Å². The molecule has 1 heterocycles. The number of halogens is 1. The van der Waals surface area contributed by atoms with Crippen molar-refractivity contribution in [2.75, 3.05) is 19.8 Å². The SMILES string of the molecule is CC(C)CC(CO)(CO)Cc1cc(Cl)cc2c1OCC2. The molecule has 0 saturated carbocycles. The Morgan fingerprint density at radius 2 is 2.00 bits per heavy atom. The van der Waals surface area contributed by atoms with Crippen molar-refractivity contribution in [2.45, 2.75) is 33.1 Å². The molecule has 0 saturated heterocycles. The molecule has 0 aromatic heterocycles. The van der Waals surface area contributed by atoms with E-state index in [0.717, 1.165) is 29.7 Å². The lowest BCUT2D eigenvalue weighted by Gasteiger charge is -2.32. The molecule has 0 spiro atoms. The van der Waals surface area contributed by atoms with Crippen LogP contribution in [-0.2, 0) is 12.8 Å². The summed E-state index contributed by atoms with van der Waals surface area (Å²) in [5.41, 5.74) is 1.61. The van der Waals surface area contributed by atoms with Gasteiger partial charge in [-0.15, -0.1) is 0 Å². The number of aliphatic hydroxyl groups is 2. The molecule has 1 aromatic carbocycles. The van der Waals surface area contributed by atoms with E-state index in [1.54, 1.807) is 0 Å². The largest absolute Gasteiger partial charge is 0.493 e. The van der Waals surface area contributed by atoms with Gasteiger partial charge in [-0.1, -0.05) is 25.4 Å². The number of hydrogen-bond acceptors (Lipinski definition) is 3. The fourth-order valence-corrected chi connectivity index (χ4v) is 3.37. The average molecular weight is 299 g/mol. The summed E-state index contributed by atoms with van der Waals surface area (Å²) in [4.78, 5) is 0. The molecule has 0 aliphatic carbocycles. The van der Waals surface area contributed by atoms with Gasteiger partial charge in [-0.2, -0.15) is 0 Å². The zero-order valence-corrected chi connectivity index (χ0v) is 12.9. The van der Waals surface area contributed by atoms with Crippen molar-refractivity contribution in [3.8, 4) is 5.75 Å². The van der Waals surface area contributed by atoms with Crippen LogP contribution in [-0.4, -0.2) is 30.0 Å². The summed E-state index contributed by atoms with van der Waals surface area (Å²) in [6, 6.07) is 3.83. The number of hydrogen-bond donors (Lipinski definition) is 2. The van der Waals surface area contributed by atoms with E-state index in [1.165, 1.54) is 0 Å². The van der Waals surface area contributed by atoms with Gasteiger partial charge in [0.2, 0.25) is 0 Å². The van der Waals surface area contributed by atoms with Gasteiger partial charge in [0, 0.05) is 16.9 Å². The van der Waals surface area contributed by atoms with E-state index >= 15 is 0 Å². The van der Waals surface area contributed by atoms with Crippen LogP contribution in [0.4, 0.5) is 0 Å². The van der Waals surface area contributed by atoms with E-state index in [-0.39, 0.29) is 13.2 Å². The van der Waals surface area contributed by atoms with E-state index in [2.05, 4.69) is 13.8 Å². The normalized spacial score (nSPS) is 14.5.